The molecule has 1 aliphatic carbocycles. The van der Waals surface area contributed by atoms with E-state index in [9.17, 15) is 13.2 Å². The van der Waals surface area contributed by atoms with Crippen LogP contribution in [0.5, 0.6) is 5.75 Å². The first kappa shape index (κ1) is 21.5. The lowest BCUT2D eigenvalue weighted by Gasteiger charge is -2.30. The first-order chi connectivity index (χ1) is 13.5. The smallest absolute Gasteiger partial charge is 0.267 e. The summed E-state index contributed by atoms with van der Waals surface area (Å²) >= 11 is 0. The van der Waals surface area contributed by atoms with Crippen molar-refractivity contribution in [1.29, 1.82) is 0 Å². The van der Waals surface area contributed by atoms with Gasteiger partial charge in [0, 0.05) is 0 Å². The molecule has 0 aromatic heterocycles. The molecule has 1 saturated carbocycles. The van der Waals surface area contributed by atoms with Gasteiger partial charge < -0.3 is 9.47 Å². The Hall–Kier alpha value is -1.23. The Morgan fingerprint density at radius 2 is 1.79 bits per heavy atom. The fourth-order valence-electron chi connectivity index (χ4n) is 4.70. The zero-order valence-electron chi connectivity index (χ0n) is 17.1. The molecule has 28 heavy (non-hydrogen) atoms. The Balaban J connectivity index is 1.70. The molecule has 2 nitrogen and oxygen atoms in total. The first-order valence-electron chi connectivity index (χ1n) is 10.9. The largest absolute Gasteiger partial charge is 0.487 e. The predicted octanol–water partition coefficient (Wildman–Crippen LogP) is 7.13. The van der Waals surface area contributed by atoms with E-state index in [1.54, 1.807) is 6.07 Å². The number of fused-ring (bicyclic) bond motifs is 1. The van der Waals surface area contributed by atoms with E-state index in [2.05, 4.69) is 6.92 Å². The van der Waals surface area contributed by atoms with Crippen molar-refractivity contribution in [3.05, 3.63) is 28.6 Å². The summed E-state index contributed by atoms with van der Waals surface area (Å²) in [4.78, 5) is 0. The van der Waals surface area contributed by atoms with Gasteiger partial charge in [-0.05, 0) is 68.1 Å². The number of aryl methyl sites for hydroxylation is 1. The number of alkyl halides is 2. The highest BCUT2D eigenvalue weighted by Crippen LogP contribution is 2.39. The van der Waals surface area contributed by atoms with Crippen LogP contribution in [-0.4, -0.2) is 12.2 Å². The molecule has 1 heterocycles. The first-order valence-corrected chi connectivity index (χ1v) is 10.9. The minimum atomic E-state index is -2.88. The molecule has 2 aliphatic rings. The monoisotopic (exact) mass is 398 g/mol. The summed E-state index contributed by atoms with van der Waals surface area (Å²) in [6.07, 6.45) is 6.96. The Morgan fingerprint density at radius 1 is 1.07 bits per heavy atom. The number of hydrogen-bond acceptors (Lipinski definition) is 2. The molecule has 1 aliphatic heterocycles. The third-order valence-electron chi connectivity index (χ3n) is 6.24. The van der Waals surface area contributed by atoms with E-state index in [-0.39, 0.29) is 30.1 Å². The normalized spacial score (nSPS) is 24.9. The molecule has 1 aromatic carbocycles. The molecule has 1 unspecified atom stereocenters. The molecule has 1 atom stereocenters. The summed E-state index contributed by atoms with van der Waals surface area (Å²) < 4.78 is 53.9. The Labute approximate surface area is 166 Å². The molecule has 0 radical (unpaired) electrons. The standard InChI is InChI=1S/C23H33F3O2/c1-3-5-15-7-10-18(11-8-15)27-14-17-13-16-9-12-19(6-4-2)28-22(16)21(24)20(17)23(25)26/h13,15,18-19,23H,3-12,14H2,1-2H3. The average molecular weight is 399 g/mol. The number of halogens is 3. The van der Waals surface area contributed by atoms with E-state index >= 15 is 0 Å². The van der Waals surface area contributed by atoms with Crippen molar-refractivity contribution in [1.82, 2.24) is 0 Å². The van der Waals surface area contributed by atoms with E-state index in [0.29, 0.717) is 12.0 Å². The van der Waals surface area contributed by atoms with Crippen LogP contribution in [0.3, 0.4) is 0 Å². The van der Waals surface area contributed by atoms with Crippen LogP contribution in [0.15, 0.2) is 6.07 Å². The summed E-state index contributed by atoms with van der Waals surface area (Å²) in [5, 5.41) is 0. The van der Waals surface area contributed by atoms with Gasteiger partial charge in [-0.3, -0.25) is 0 Å². The van der Waals surface area contributed by atoms with Crippen molar-refractivity contribution in [3.63, 3.8) is 0 Å². The minimum absolute atomic E-state index is 0.0313. The van der Waals surface area contributed by atoms with Crippen LogP contribution in [0.25, 0.3) is 0 Å². The summed E-state index contributed by atoms with van der Waals surface area (Å²) in [7, 11) is 0. The van der Waals surface area contributed by atoms with Crippen molar-refractivity contribution < 1.29 is 22.6 Å². The summed E-state index contributed by atoms with van der Waals surface area (Å²) in [5.41, 5.74) is 0.426. The molecule has 0 bridgehead atoms. The maximum Gasteiger partial charge on any atom is 0.267 e. The zero-order valence-corrected chi connectivity index (χ0v) is 17.1. The molecule has 158 valence electrons. The topological polar surface area (TPSA) is 18.5 Å². The van der Waals surface area contributed by atoms with Crippen LogP contribution in [0.2, 0.25) is 0 Å². The molecule has 0 spiro atoms. The molecule has 0 N–H and O–H groups in total. The maximum atomic E-state index is 14.9. The lowest BCUT2D eigenvalue weighted by Crippen LogP contribution is -2.25. The van der Waals surface area contributed by atoms with Gasteiger partial charge in [0.15, 0.2) is 11.6 Å². The van der Waals surface area contributed by atoms with Gasteiger partial charge >= 0.3 is 0 Å². The van der Waals surface area contributed by atoms with E-state index in [1.807, 2.05) is 6.92 Å². The highest BCUT2D eigenvalue weighted by molar-refractivity contribution is 5.46. The van der Waals surface area contributed by atoms with E-state index in [4.69, 9.17) is 9.47 Å². The fourth-order valence-corrected chi connectivity index (χ4v) is 4.70. The van der Waals surface area contributed by atoms with Gasteiger partial charge in [-0.15, -0.1) is 0 Å². The predicted molar refractivity (Wildman–Crippen MR) is 104 cm³/mol. The molecule has 0 saturated heterocycles. The van der Waals surface area contributed by atoms with Gasteiger partial charge in [-0.25, -0.2) is 13.2 Å². The van der Waals surface area contributed by atoms with Crippen molar-refractivity contribution in [2.24, 2.45) is 5.92 Å². The van der Waals surface area contributed by atoms with Crippen LogP contribution >= 0.6 is 0 Å². The van der Waals surface area contributed by atoms with Gasteiger partial charge in [0.25, 0.3) is 6.43 Å². The number of ether oxygens (including phenoxy) is 2. The Morgan fingerprint density at radius 3 is 2.43 bits per heavy atom. The summed E-state index contributed by atoms with van der Waals surface area (Å²) in [6.45, 7) is 4.29. The zero-order chi connectivity index (χ0) is 20.1. The second-order valence-corrected chi connectivity index (χ2v) is 8.36. The second kappa shape index (κ2) is 10.00. The SMILES string of the molecule is CCCC1CCC(OCc2cc3c(c(F)c2C(F)F)OC(CCC)CC3)CC1. The van der Waals surface area contributed by atoms with Gasteiger partial charge in [0.05, 0.1) is 24.4 Å². The third-order valence-corrected chi connectivity index (χ3v) is 6.24. The lowest BCUT2D eigenvalue weighted by molar-refractivity contribution is 0.00442. The minimum Gasteiger partial charge on any atom is -0.487 e. The van der Waals surface area contributed by atoms with Crippen molar-refractivity contribution in [3.8, 4) is 5.75 Å². The number of hydrogen-bond donors (Lipinski definition) is 0. The van der Waals surface area contributed by atoms with Crippen LogP contribution in [0.1, 0.15) is 94.8 Å². The Kier molecular flexibility index (Phi) is 7.67. The second-order valence-electron chi connectivity index (χ2n) is 8.36. The van der Waals surface area contributed by atoms with Crippen LogP contribution in [-0.2, 0) is 17.8 Å². The van der Waals surface area contributed by atoms with Gasteiger partial charge in [-0.2, -0.15) is 0 Å². The quantitative estimate of drug-likeness (QED) is 0.464. The molecule has 5 heteroatoms. The molecular weight excluding hydrogens is 365 g/mol. The molecule has 1 fully saturated rings. The van der Waals surface area contributed by atoms with E-state index < -0.39 is 17.8 Å². The Bertz CT molecular complexity index is 639. The highest BCUT2D eigenvalue weighted by atomic mass is 19.3. The van der Waals surface area contributed by atoms with Crippen LogP contribution in [0.4, 0.5) is 13.2 Å². The molecule has 0 amide bonds. The maximum absolute atomic E-state index is 14.9. The average Bonchev–Trinajstić information content (AvgIpc) is 2.68. The van der Waals surface area contributed by atoms with Gasteiger partial charge in [0.1, 0.15) is 0 Å². The molecule has 3 rings (SSSR count). The van der Waals surface area contributed by atoms with Crippen LogP contribution in [0, 0.1) is 11.7 Å². The summed E-state index contributed by atoms with van der Waals surface area (Å²) in [6, 6.07) is 1.69. The molecular formula is C23H33F3O2. The van der Waals surface area contributed by atoms with Crippen molar-refractivity contribution in [2.45, 2.75) is 103 Å². The van der Waals surface area contributed by atoms with Gasteiger partial charge in [-0.1, -0.05) is 33.1 Å². The number of benzene rings is 1. The lowest BCUT2D eigenvalue weighted by atomic mass is 9.84. The van der Waals surface area contributed by atoms with Crippen molar-refractivity contribution >= 4 is 0 Å². The van der Waals surface area contributed by atoms with Crippen molar-refractivity contribution in [2.75, 3.05) is 0 Å². The van der Waals surface area contributed by atoms with Gasteiger partial charge in [0.2, 0.25) is 0 Å². The third kappa shape index (κ3) is 5.03. The fraction of sp³-hybridized carbons (Fsp3) is 0.739. The summed E-state index contributed by atoms with van der Waals surface area (Å²) in [5.74, 6) is -0.0988. The number of rotatable bonds is 8. The molecule has 1 aromatic rings. The van der Waals surface area contributed by atoms with E-state index in [0.717, 1.165) is 50.9 Å². The van der Waals surface area contributed by atoms with E-state index in [1.165, 1.54) is 12.8 Å². The highest BCUT2D eigenvalue weighted by Gasteiger charge is 2.30. The van der Waals surface area contributed by atoms with Crippen LogP contribution < -0.4 is 4.74 Å².